The number of nitrogens with one attached hydrogen (secondary N) is 1. The molecule has 2 heterocycles. The summed E-state index contributed by atoms with van der Waals surface area (Å²) in [5.74, 6) is -1.48. The number of nitrogens with two attached hydrogens (primary N) is 1. The predicted octanol–water partition coefficient (Wildman–Crippen LogP) is 2.13. The van der Waals surface area contributed by atoms with Gasteiger partial charge in [0, 0.05) is 65.4 Å². The molecule has 4 rings (SSSR count). The molecule has 40 heavy (non-hydrogen) atoms. The van der Waals surface area contributed by atoms with Gasteiger partial charge in [0.1, 0.15) is 0 Å². The third-order valence-corrected chi connectivity index (χ3v) is 9.78. The number of Topliss-reactive ketones (excluding diaryl/α,β-unsaturated/α-hetero) is 4. The highest BCUT2D eigenvalue weighted by Gasteiger charge is 2.61. The molecule has 0 spiro atoms. The van der Waals surface area contributed by atoms with Gasteiger partial charge in [-0.3, -0.25) is 28.9 Å². The number of hydrogen-bond donors (Lipinski definition) is 2. The normalized spacial score (nSPS) is 32.5. The van der Waals surface area contributed by atoms with Crippen molar-refractivity contribution in [2.75, 3.05) is 20.7 Å². The van der Waals surface area contributed by atoms with Crippen LogP contribution in [0, 0.1) is 17.3 Å². The van der Waals surface area contributed by atoms with Crippen LogP contribution in [0.3, 0.4) is 0 Å². The monoisotopic (exact) mass is 549 g/mol. The van der Waals surface area contributed by atoms with Crippen LogP contribution in [-0.2, 0) is 28.7 Å². The van der Waals surface area contributed by atoms with Crippen LogP contribution in [0.15, 0.2) is 57.5 Å². The zero-order chi connectivity index (χ0) is 29.8. The first-order chi connectivity index (χ1) is 18.7. The van der Waals surface area contributed by atoms with Crippen LogP contribution in [-0.4, -0.2) is 73.1 Å². The lowest BCUT2D eigenvalue weighted by molar-refractivity contribution is -0.122. The van der Waals surface area contributed by atoms with Crippen LogP contribution in [0.5, 0.6) is 0 Å². The minimum Gasteiger partial charge on any atom is -0.493 e. The van der Waals surface area contributed by atoms with Crippen LogP contribution < -0.4 is 11.1 Å². The second kappa shape index (κ2) is 10.5. The van der Waals surface area contributed by atoms with Crippen molar-refractivity contribution in [3.05, 3.63) is 57.5 Å². The van der Waals surface area contributed by atoms with E-state index in [4.69, 9.17) is 10.5 Å². The summed E-state index contributed by atoms with van der Waals surface area (Å²) in [5, 5.41) is 3.11. The first kappa shape index (κ1) is 29.6. The fourth-order valence-electron chi connectivity index (χ4n) is 7.40. The van der Waals surface area contributed by atoms with E-state index in [0.29, 0.717) is 47.0 Å². The van der Waals surface area contributed by atoms with E-state index in [1.807, 2.05) is 13.1 Å². The molecule has 0 aromatic heterocycles. The summed E-state index contributed by atoms with van der Waals surface area (Å²) >= 11 is 0. The number of carbonyl (C=O) groups is 5. The maximum absolute atomic E-state index is 13.7. The summed E-state index contributed by atoms with van der Waals surface area (Å²) in [6.07, 6.45) is 3.15. The number of likely N-dealkylation sites (N-methyl/N-ethyl adjacent to an activating group) is 1. The Hall–Kier alpha value is -3.43. The summed E-state index contributed by atoms with van der Waals surface area (Å²) in [4.78, 5) is 66.4. The molecule has 214 valence electrons. The zero-order valence-electron chi connectivity index (χ0n) is 24.3. The third kappa shape index (κ3) is 4.36. The number of ketones is 4. The number of carbonyl (C=O) groups excluding carboxylic acids is 5. The van der Waals surface area contributed by atoms with E-state index in [1.165, 1.54) is 14.0 Å². The smallest absolute Gasteiger partial charge is 0.188 e. The van der Waals surface area contributed by atoms with E-state index in [-0.39, 0.29) is 64.7 Å². The molecular formula is C31H39N3O6. The molecule has 2 aliphatic carbocycles. The Morgan fingerprint density at radius 1 is 1.23 bits per heavy atom. The summed E-state index contributed by atoms with van der Waals surface area (Å²) in [7, 11) is 3.32. The van der Waals surface area contributed by atoms with Gasteiger partial charge in [-0.15, -0.1) is 0 Å². The summed E-state index contributed by atoms with van der Waals surface area (Å²) in [5.41, 5.74) is 9.29. The fraction of sp³-hybridized carbons (Fsp3) is 0.516. The molecule has 0 saturated carbocycles. The number of allylic oxidation sites excluding steroid dienone is 6. The lowest BCUT2D eigenvalue weighted by Crippen LogP contribution is -2.71. The number of methoxy groups -OCH3 is 1. The molecule has 3 N–H and O–H groups in total. The van der Waals surface area contributed by atoms with Gasteiger partial charge in [0.05, 0.1) is 12.8 Å². The Kier molecular flexibility index (Phi) is 7.77. The average molecular weight is 550 g/mol. The average Bonchev–Trinajstić information content (AvgIpc) is 2.92. The van der Waals surface area contributed by atoms with Crippen molar-refractivity contribution in [1.29, 1.82) is 0 Å². The molecule has 2 unspecified atom stereocenters. The number of ether oxygens (including phenoxy) is 1. The third-order valence-electron chi connectivity index (χ3n) is 9.78. The second-order valence-electron chi connectivity index (χ2n) is 11.8. The van der Waals surface area contributed by atoms with E-state index in [9.17, 15) is 24.0 Å². The Labute approximate surface area is 235 Å². The molecule has 9 nitrogen and oxygen atoms in total. The number of aldehydes is 1. The van der Waals surface area contributed by atoms with E-state index in [0.717, 1.165) is 0 Å². The molecule has 2 bridgehead atoms. The van der Waals surface area contributed by atoms with Gasteiger partial charge in [-0.25, -0.2) is 0 Å². The van der Waals surface area contributed by atoms with Crippen LogP contribution in [0.1, 0.15) is 47.5 Å². The molecule has 1 saturated heterocycles. The molecule has 6 atom stereocenters. The van der Waals surface area contributed by atoms with Crippen LogP contribution in [0.4, 0.5) is 0 Å². The van der Waals surface area contributed by atoms with Gasteiger partial charge in [-0.05, 0) is 57.6 Å². The fourth-order valence-corrected chi connectivity index (χ4v) is 7.40. The largest absolute Gasteiger partial charge is 0.493 e. The Balaban J connectivity index is 1.87. The topological polar surface area (TPSA) is 136 Å². The molecule has 0 aromatic rings. The van der Waals surface area contributed by atoms with Gasteiger partial charge >= 0.3 is 0 Å². The SMILES string of the molecule is C=C(NCC1C2=C(C[C@]3(C)C1[C@@H](N)[C@@H]1CC(C(=O)/C(C)=C(\C=O)OC)=C[C@H]3N1C)C(=O)C(C)=C(C)C2=O)C(C)=O. The minimum absolute atomic E-state index is 0.0170. The van der Waals surface area contributed by atoms with Crippen LogP contribution in [0.2, 0.25) is 0 Å². The van der Waals surface area contributed by atoms with Crippen molar-refractivity contribution in [2.45, 2.75) is 65.6 Å². The molecule has 9 heteroatoms. The van der Waals surface area contributed by atoms with Crippen LogP contribution in [0.25, 0.3) is 0 Å². The second-order valence-corrected chi connectivity index (χ2v) is 11.8. The molecule has 4 aliphatic rings. The minimum atomic E-state index is -0.618. The first-order valence-electron chi connectivity index (χ1n) is 13.6. The number of piperidine rings is 1. The highest BCUT2D eigenvalue weighted by Crippen LogP contribution is 2.58. The highest BCUT2D eigenvalue weighted by molar-refractivity contribution is 6.25. The van der Waals surface area contributed by atoms with E-state index >= 15 is 0 Å². The lowest BCUT2D eigenvalue weighted by atomic mass is 9.49. The Morgan fingerprint density at radius 2 is 1.85 bits per heavy atom. The molecular weight excluding hydrogens is 510 g/mol. The zero-order valence-corrected chi connectivity index (χ0v) is 24.3. The van der Waals surface area contributed by atoms with Gasteiger partial charge < -0.3 is 15.8 Å². The lowest BCUT2D eigenvalue weighted by Gasteiger charge is -2.63. The Morgan fingerprint density at radius 3 is 2.42 bits per heavy atom. The molecule has 0 amide bonds. The summed E-state index contributed by atoms with van der Waals surface area (Å²) in [6, 6.07) is -0.954. The van der Waals surface area contributed by atoms with Crippen molar-refractivity contribution < 1.29 is 28.7 Å². The number of rotatable bonds is 8. The number of nitrogens with zero attached hydrogens (tertiary/aromatic N) is 1. The predicted molar refractivity (Wildman–Crippen MR) is 150 cm³/mol. The van der Waals surface area contributed by atoms with E-state index in [2.05, 4.69) is 23.7 Å². The summed E-state index contributed by atoms with van der Waals surface area (Å²) < 4.78 is 5.10. The van der Waals surface area contributed by atoms with Crippen molar-refractivity contribution >= 4 is 29.4 Å². The van der Waals surface area contributed by atoms with Gasteiger partial charge in [0.2, 0.25) is 0 Å². The molecule has 2 aliphatic heterocycles. The van der Waals surface area contributed by atoms with E-state index in [1.54, 1.807) is 20.8 Å². The molecule has 1 fully saturated rings. The van der Waals surface area contributed by atoms with Gasteiger partial charge in [0.25, 0.3) is 0 Å². The standard InChI is InChI=1S/C31H39N3O6/c1-14-15(2)30(39)25-20(29(14)38)11-31(6)24-10-19(28(37)16(3)23(13-35)40-8)9-22(34(24)7)27(32)26(31)21(25)12-33-17(4)18(5)36/h10,13,21-22,24,26-27,33H,4,9,11-12,32H2,1-3,5-8H3/b23-16+/t21?,22-,24+,26?,27-,31-/m0/s1. The first-order valence-corrected chi connectivity index (χ1v) is 13.6. The van der Waals surface area contributed by atoms with Gasteiger partial charge in [-0.1, -0.05) is 19.6 Å². The maximum atomic E-state index is 13.7. The summed E-state index contributed by atoms with van der Waals surface area (Å²) in [6.45, 7) is 12.5. The number of hydrogen-bond acceptors (Lipinski definition) is 9. The van der Waals surface area contributed by atoms with Crippen molar-refractivity contribution in [3.8, 4) is 0 Å². The van der Waals surface area contributed by atoms with Crippen LogP contribution >= 0.6 is 0 Å². The van der Waals surface area contributed by atoms with Crippen molar-refractivity contribution in [3.63, 3.8) is 0 Å². The van der Waals surface area contributed by atoms with Gasteiger partial charge in [0.15, 0.2) is 35.2 Å². The quantitative estimate of drug-likeness (QED) is 0.202. The van der Waals surface area contributed by atoms with Crippen molar-refractivity contribution in [1.82, 2.24) is 10.2 Å². The maximum Gasteiger partial charge on any atom is 0.188 e. The van der Waals surface area contributed by atoms with Crippen molar-refractivity contribution in [2.24, 2.45) is 23.0 Å². The molecule has 0 radical (unpaired) electrons. The molecule has 0 aromatic carbocycles. The number of fused-ring (bicyclic) bond motifs is 4. The highest BCUT2D eigenvalue weighted by atomic mass is 16.5. The van der Waals surface area contributed by atoms with E-state index < -0.39 is 17.4 Å². The Bertz CT molecular complexity index is 1360. The van der Waals surface area contributed by atoms with Gasteiger partial charge in [-0.2, -0.15) is 0 Å².